The van der Waals surface area contributed by atoms with Gasteiger partial charge in [-0.15, -0.1) is 0 Å². The molecule has 0 saturated carbocycles. The number of benzene rings is 1. The van der Waals surface area contributed by atoms with E-state index in [2.05, 4.69) is 19.9 Å². The maximum Gasteiger partial charge on any atom is 0.419 e. The first-order chi connectivity index (χ1) is 18.2. The number of carbonyl (C=O) groups is 2. The molecule has 0 aliphatic carbocycles. The Hall–Kier alpha value is -3.67. The van der Waals surface area contributed by atoms with Crippen molar-refractivity contribution in [3.05, 3.63) is 82.5 Å². The maximum absolute atomic E-state index is 13.7. The quantitative estimate of drug-likeness (QED) is 0.321. The van der Waals surface area contributed by atoms with Crippen LogP contribution in [0.5, 0.6) is 0 Å². The van der Waals surface area contributed by atoms with E-state index in [1.807, 2.05) is 29.1 Å². The van der Waals surface area contributed by atoms with E-state index in [1.165, 1.54) is 18.1 Å². The smallest absolute Gasteiger partial charge is 0.369 e. The second kappa shape index (κ2) is 12.3. The molecule has 1 saturated heterocycles. The monoisotopic (exact) mass is 523 g/mol. The van der Waals surface area contributed by atoms with Gasteiger partial charge in [0.1, 0.15) is 12.2 Å². The number of carbonyl (C=O) groups excluding carboxylic acids is 2. The lowest BCUT2D eigenvalue weighted by atomic mass is 9.84. The van der Waals surface area contributed by atoms with Gasteiger partial charge in [-0.25, -0.2) is 19.9 Å². The first-order valence-corrected chi connectivity index (χ1v) is 12.3. The zero-order valence-electron chi connectivity index (χ0n) is 20.7. The normalized spacial score (nSPS) is 14.8. The predicted molar refractivity (Wildman–Crippen MR) is 135 cm³/mol. The largest absolute Gasteiger partial charge is 0.419 e. The van der Waals surface area contributed by atoms with Crippen LogP contribution in [0.3, 0.4) is 0 Å². The number of aryl methyl sites for hydroxylation is 2. The summed E-state index contributed by atoms with van der Waals surface area (Å²) in [4.78, 5) is 40.3. The van der Waals surface area contributed by atoms with Gasteiger partial charge in [-0.05, 0) is 55.8 Å². The minimum Gasteiger partial charge on any atom is -0.369 e. The Morgan fingerprint density at radius 3 is 2.45 bits per heavy atom. The second-order valence-electron chi connectivity index (χ2n) is 9.30. The van der Waals surface area contributed by atoms with Gasteiger partial charge in [0.2, 0.25) is 5.91 Å². The van der Waals surface area contributed by atoms with Crippen molar-refractivity contribution in [3.63, 3.8) is 0 Å². The van der Waals surface area contributed by atoms with E-state index in [1.54, 1.807) is 7.41 Å². The Balaban J connectivity index is 1.47. The molecule has 197 valence electrons. The number of aromatic nitrogens is 4. The summed E-state index contributed by atoms with van der Waals surface area (Å²) in [5, 5.41) is 0. The molecule has 0 atom stereocenters. The first kappa shape index (κ1) is 27.4. The van der Waals surface area contributed by atoms with Crippen LogP contribution in [0.15, 0.2) is 43.0 Å². The standard InChI is InChI=1S/C26H27BF3N6O2/c28-26(29,30)21-14-33-25(35-23(21)6-5-22-20(12-24(31)38)13-32-16-34-22)11-17-1-3-18(4-2-17)19-7-9-36(10-8-19)27-15-37/h1-4,13-16,19H,5-12H2,(H2,31,38). The van der Waals surface area contributed by atoms with Crippen LogP contribution < -0.4 is 5.73 Å². The summed E-state index contributed by atoms with van der Waals surface area (Å²) in [5.41, 5.74) is 7.28. The number of hydrogen-bond donors (Lipinski definition) is 1. The average Bonchev–Trinajstić information content (AvgIpc) is 2.88. The highest BCUT2D eigenvalue weighted by atomic mass is 19.4. The van der Waals surface area contributed by atoms with Gasteiger partial charge in [-0.3, -0.25) is 4.79 Å². The van der Waals surface area contributed by atoms with Crippen LogP contribution in [-0.2, 0) is 41.4 Å². The molecule has 1 aromatic carbocycles. The van der Waals surface area contributed by atoms with Crippen LogP contribution in [0.1, 0.15) is 58.2 Å². The molecule has 12 heteroatoms. The van der Waals surface area contributed by atoms with E-state index in [9.17, 15) is 22.8 Å². The van der Waals surface area contributed by atoms with E-state index >= 15 is 0 Å². The zero-order chi connectivity index (χ0) is 27.1. The van der Waals surface area contributed by atoms with Crippen molar-refractivity contribution in [2.45, 2.75) is 50.6 Å². The SMILES string of the molecule is NC(=O)Cc1cncnc1CCc1nc(Cc2ccc(C3CCN([B]C=O)CC3)cc2)ncc1C(F)(F)F. The summed E-state index contributed by atoms with van der Waals surface area (Å²) in [6, 6.07) is 7.99. The Morgan fingerprint density at radius 2 is 1.79 bits per heavy atom. The number of nitrogens with zero attached hydrogens (tertiary/aromatic N) is 5. The van der Waals surface area contributed by atoms with E-state index in [0.29, 0.717) is 29.4 Å². The number of alkyl halides is 3. The lowest BCUT2D eigenvalue weighted by Gasteiger charge is -2.30. The molecule has 0 bridgehead atoms. The molecule has 1 amide bonds. The predicted octanol–water partition coefficient (Wildman–Crippen LogP) is 2.68. The summed E-state index contributed by atoms with van der Waals surface area (Å²) in [5.74, 6) is 0.114. The Bertz CT molecular complexity index is 1260. The van der Waals surface area contributed by atoms with Crippen molar-refractivity contribution >= 4 is 19.5 Å². The van der Waals surface area contributed by atoms with E-state index in [-0.39, 0.29) is 25.0 Å². The highest BCUT2D eigenvalue weighted by Gasteiger charge is 2.35. The molecule has 4 rings (SSSR count). The molecule has 2 N–H and O–H groups in total. The van der Waals surface area contributed by atoms with Crippen molar-refractivity contribution in [1.29, 1.82) is 0 Å². The minimum absolute atomic E-state index is 0.0354. The van der Waals surface area contributed by atoms with Crippen molar-refractivity contribution in [3.8, 4) is 0 Å². The van der Waals surface area contributed by atoms with Crippen LogP contribution in [0.2, 0.25) is 0 Å². The summed E-state index contributed by atoms with van der Waals surface area (Å²) in [7, 11) is 1.57. The fraction of sp³-hybridized carbons (Fsp3) is 0.385. The second-order valence-corrected chi connectivity index (χ2v) is 9.30. The van der Waals surface area contributed by atoms with Crippen molar-refractivity contribution < 1.29 is 22.8 Å². The van der Waals surface area contributed by atoms with Crippen LogP contribution in [0.25, 0.3) is 0 Å². The Kier molecular flexibility index (Phi) is 8.83. The van der Waals surface area contributed by atoms with Gasteiger partial charge < -0.3 is 15.3 Å². The molecule has 0 unspecified atom stereocenters. The summed E-state index contributed by atoms with van der Waals surface area (Å²) < 4.78 is 41.1. The fourth-order valence-corrected chi connectivity index (χ4v) is 4.71. The third kappa shape index (κ3) is 7.22. The van der Waals surface area contributed by atoms with Crippen molar-refractivity contribution in [2.24, 2.45) is 5.73 Å². The van der Waals surface area contributed by atoms with E-state index in [0.717, 1.165) is 43.9 Å². The average molecular weight is 523 g/mol. The Morgan fingerprint density at radius 1 is 1.08 bits per heavy atom. The molecule has 3 heterocycles. The lowest BCUT2D eigenvalue weighted by Crippen LogP contribution is -2.36. The van der Waals surface area contributed by atoms with Crippen LogP contribution in [0, 0.1) is 0 Å². The van der Waals surface area contributed by atoms with Gasteiger partial charge in [-0.1, -0.05) is 24.3 Å². The number of hydrogen-bond acceptors (Lipinski definition) is 7. The van der Waals surface area contributed by atoms with Gasteiger partial charge in [0.25, 0.3) is 7.41 Å². The van der Waals surface area contributed by atoms with Crippen molar-refractivity contribution in [1.82, 2.24) is 24.7 Å². The highest BCUT2D eigenvalue weighted by Crippen LogP contribution is 2.32. The molecule has 1 radical (unpaired) electrons. The molecule has 1 aliphatic rings. The fourth-order valence-electron chi connectivity index (χ4n) is 4.71. The maximum atomic E-state index is 13.7. The summed E-state index contributed by atoms with van der Waals surface area (Å²) >= 11 is 0. The third-order valence-electron chi connectivity index (χ3n) is 6.68. The molecule has 2 aromatic heterocycles. The van der Waals surface area contributed by atoms with E-state index in [4.69, 9.17) is 5.73 Å². The molecular weight excluding hydrogens is 496 g/mol. The van der Waals surface area contributed by atoms with Gasteiger partial charge in [0, 0.05) is 30.1 Å². The van der Waals surface area contributed by atoms with E-state index < -0.39 is 17.6 Å². The van der Waals surface area contributed by atoms with Crippen molar-refractivity contribution in [2.75, 3.05) is 13.1 Å². The first-order valence-electron chi connectivity index (χ1n) is 12.3. The van der Waals surface area contributed by atoms with Crippen LogP contribution in [0.4, 0.5) is 13.2 Å². The minimum atomic E-state index is -4.60. The van der Waals surface area contributed by atoms with Gasteiger partial charge in [-0.2, -0.15) is 13.2 Å². The van der Waals surface area contributed by atoms with Gasteiger partial charge in [0.15, 0.2) is 0 Å². The molecule has 1 fully saturated rings. The van der Waals surface area contributed by atoms with Gasteiger partial charge in [0.05, 0.1) is 23.9 Å². The molecule has 38 heavy (non-hydrogen) atoms. The number of halogens is 3. The van der Waals surface area contributed by atoms with Gasteiger partial charge >= 0.3 is 6.18 Å². The molecule has 3 aromatic rings. The molecule has 1 aliphatic heterocycles. The Labute approximate surface area is 219 Å². The molecule has 0 spiro atoms. The number of amides is 1. The summed E-state index contributed by atoms with van der Waals surface area (Å²) in [6.45, 7) is 1.65. The third-order valence-corrected chi connectivity index (χ3v) is 6.68. The van der Waals surface area contributed by atoms with Crippen LogP contribution >= 0.6 is 0 Å². The highest BCUT2D eigenvalue weighted by molar-refractivity contribution is 6.64. The zero-order valence-corrected chi connectivity index (χ0v) is 20.7. The molecular formula is C26H27BF3N6O2. The number of primary amides is 1. The van der Waals surface area contributed by atoms with Crippen LogP contribution in [-0.4, -0.2) is 57.3 Å². The lowest BCUT2D eigenvalue weighted by molar-refractivity contribution is -0.138. The molecule has 8 nitrogen and oxygen atoms in total. The number of rotatable bonds is 10. The summed E-state index contributed by atoms with van der Waals surface area (Å²) in [6.07, 6.45) is 1.96. The number of nitrogens with two attached hydrogens (primary N) is 1. The number of piperidine rings is 1. The topological polar surface area (TPSA) is 115 Å².